The van der Waals surface area contributed by atoms with Crippen LogP contribution in [0, 0.1) is 5.82 Å². The number of halogens is 1. The summed E-state index contributed by atoms with van der Waals surface area (Å²) in [6.07, 6.45) is 0. The molecule has 0 radical (unpaired) electrons. The zero-order chi connectivity index (χ0) is 14.6. The number of carbonyl (C=O) groups is 1. The second-order valence-corrected chi connectivity index (χ2v) is 5.05. The number of phenols is 1. The molecule has 1 rings (SSSR count). The molecular formula is C13H19FN2O3. The molecule has 0 saturated heterocycles. The van der Waals surface area contributed by atoms with Crippen LogP contribution < -0.4 is 5.32 Å². The predicted octanol–water partition coefficient (Wildman–Crippen LogP) is 0.574. The molecule has 106 valence electrons. The van der Waals surface area contributed by atoms with Gasteiger partial charge in [0.15, 0.2) is 0 Å². The monoisotopic (exact) mass is 270 g/mol. The number of rotatable bonds is 5. The topological polar surface area (TPSA) is 72.8 Å². The number of nitrogens with one attached hydrogen (secondary N) is 1. The van der Waals surface area contributed by atoms with Crippen molar-refractivity contribution in [3.8, 4) is 5.75 Å². The molecule has 1 atom stereocenters. The van der Waals surface area contributed by atoms with Gasteiger partial charge in [-0.1, -0.05) is 6.07 Å². The van der Waals surface area contributed by atoms with Gasteiger partial charge in [-0.05, 0) is 33.2 Å². The van der Waals surface area contributed by atoms with E-state index in [4.69, 9.17) is 0 Å². The zero-order valence-corrected chi connectivity index (χ0v) is 11.3. The van der Waals surface area contributed by atoms with Crippen molar-refractivity contribution in [2.24, 2.45) is 0 Å². The van der Waals surface area contributed by atoms with Crippen LogP contribution in [0.25, 0.3) is 0 Å². The molecule has 0 aliphatic carbocycles. The number of phenolic OH excluding ortho intramolecular Hbond substituents is 1. The van der Waals surface area contributed by atoms with Gasteiger partial charge in [-0.15, -0.1) is 0 Å². The van der Waals surface area contributed by atoms with Crippen molar-refractivity contribution in [3.05, 3.63) is 29.6 Å². The average Bonchev–Trinajstić information content (AvgIpc) is 2.24. The van der Waals surface area contributed by atoms with Gasteiger partial charge >= 0.3 is 0 Å². The number of carbonyl (C=O) groups excluding carboxylic acids is 1. The predicted molar refractivity (Wildman–Crippen MR) is 69.6 cm³/mol. The summed E-state index contributed by atoms with van der Waals surface area (Å²) < 4.78 is 13.4. The molecular weight excluding hydrogens is 251 g/mol. The SMILES string of the molecule is CN(C)CC(C)(O)CNC(=O)c1c(O)cccc1F. The van der Waals surface area contributed by atoms with E-state index < -0.39 is 28.6 Å². The molecule has 3 N–H and O–H groups in total. The van der Waals surface area contributed by atoms with Gasteiger partial charge in [-0.25, -0.2) is 4.39 Å². The van der Waals surface area contributed by atoms with Gasteiger partial charge in [-0.2, -0.15) is 0 Å². The molecule has 5 nitrogen and oxygen atoms in total. The van der Waals surface area contributed by atoms with Crippen LogP contribution in [0.15, 0.2) is 18.2 Å². The van der Waals surface area contributed by atoms with Crippen LogP contribution in [-0.4, -0.2) is 53.8 Å². The van der Waals surface area contributed by atoms with Crippen LogP contribution in [0.1, 0.15) is 17.3 Å². The van der Waals surface area contributed by atoms with Crippen LogP contribution in [0.3, 0.4) is 0 Å². The first-order valence-electron chi connectivity index (χ1n) is 5.86. The molecule has 1 aromatic carbocycles. The Bertz CT molecular complexity index is 441. The maximum absolute atomic E-state index is 13.4. The molecule has 0 fully saturated rings. The van der Waals surface area contributed by atoms with Gasteiger partial charge in [0.25, 0.3) is 5.91 Å². The Kier molecular flexibility index (Phi) is 4.85. The van der Waals surface area contributed by atoms with Crippen molar-refractivity contribution in [2.75, 3.05) is 27.2 Å². The Labute approximate surface area is 111 Å². The highest BCUT2D eigenvalue weighted by molar-refractivity contribution is 5.97. The van der Waals surface area contributed by atoms with Crippen LogP contribution in [-0.2, 0) is 0 Å². The average molecular weight is 270 g/mol. The van der Waals surface area contributed by atoms with Crippen molar-refractivity contribution >= 4 is 5.91 Å². The number of likely N-dealkylation sites (N-methyl/N-ethyl adjacent to an activating group) is 1. The minimum atomic E-state index is -1.14. The van der Waals surface area contributed by atoms with Crippen LogP contribution in [0.4, 0.5) is 4.39 Å². The van der Waals surface area contributed by atoms with E-state index in [0.717, 1.165) is 6.07 Å². The first kappa shape index (κ1) is 15.4. The highest BCUT2D eigenvalue weighted by Crippen LogP contribution is 2.19. The Morgan fingerprint density at radius 1 is 1.47 bits per heavy atom. The van der Waals surface area contributed by atoms with Gasteiger partial charge < -0.3 is 20.4 Å². The number of hydrogen-bond donors (Lipinski definition) is 3. The quantitative estimate of drug-likeness (QED) is 0.731. The van der Waals surface area contributed by atoms with Gasteiger partial charge in [-0.3, -0.25) is 4.79 Å². The molecule has 0 aromatic heterocycles. The Hall–Kier alpha value is -1.66. The highest BCUT2D eigenvalue weighted by Gasteiger charge is 2.24. The summed E-state index contributed by atoms with van der Waals surface area (Å²) in [7, 11) is 3.58. The van der Waals surface area contributed by atoms with Gasteiger partial charge in [0.1, 0.15) is 17.1 Å². The fraction of sp³-hybridized carbons (Fsp3) is 0.462. The molecule has 0 saturated carbocycles. The van der Waals surface area contributed by atoms with E-state index >= 15 is 0 Å². The minimum absolute atomic E-state index is 0.0439. The summed E-state index contributed by atoms with van der Waals surface area (Å²) in [4.78, 5) is 13.6. The van der Waals surface area contributed by atoms with E-state index in [1.54, 1.807) is 25.9 Å². The second kappa shape index (κ2) is 5.99. The van der Waals surface area contributed by atoms with E-state index in [0.29, 0.717) is 6.54 Å². The Morgan fingerprint density at radius 2 is 2.11 bits per heavy atom. The first-order chi connectivity index (χ1) is 8.73. The van der Waals surface area contributed by atoms with E-state index in [1.165, 1.54) is 12.1 Å². The fourth-order valence-corrected chi connectivity index (χ4v) is 1.83. The molecule has 1 aromatic rings. The van der Waals surface area contributed by atoms with Crippen molar-refractivity contribution in [3.63, 3.8) is 0 Å². The second-order valence-electron chi connectivity index (χ2n) is 5.05. The van der Waals surface area contributed by atoms with Crippen LogP contribution in [0.2, 0.25) is 0 Å². The van der Waals surface area contributed by atoms with Crippen molar-refractivity contribution < 1.29 is 19.4 Å². The van der Waals surface area contributed by atoms with Crippen LogP contribution in [0.5, 0.6) is 5.75 Å². The number of hydrogen-bond acceptors (Lipinski definition) is 4. The minimum Gasteiger partial charge on any atom is -0.507 e. The maximum Gasteiger partial charge on any atom is 0.258 e. The third kappa shape index (κ3) is 4.50. The zero-order valence-electron chi connectivity index (χ0n) is 11.3. The third-order valence-electron chi connectivity index (χ3n) is 2.51. The number of benzene rings is 1. The Morgan fingerprint density at radius 3 is 2.63 bits per heavy atom. The van der Waals surface area contributed by atoms with E-state index in [9.17, 15) is 19.4 Å². The molecule has 0 heterocycles. The molecule has 1 unspecified atom stereocenters. The first-order valence-corrected chi connectivity index (χ1v) is 5.86. The van der Waals surface area contributed by atoms with Crippen LogP contribution >= 0.6 is 0 Å². The summed E-state index contributed by atoms with van der Waals surface area (Å²) in [5.41, 5.74) is -1.55. The van der Waals surface area contributed by atoms with E-state index in [2.05, 4.69) is 5.32 Å². The smallest absolute Gasteiger partial charge is 0.258 e. The number of aliphatic hydroxyl groups is 1. The molecule has 0 aliphatic rings. The molecule has 6 heteroatoms. The maximum atomic E-state index is 13.4. The van der Waals surface area contributed by atoms with Gasteiger partial charge in [0, 0.05) is 13.1 Å². The Balaban J connectivity index is 2.71. The molecule has 0 bridgehead atoms. The van der Waals surface area contributed by atoms with E-state index in [1.807, 2.05) is 0 Å². The lowest BCUT2D eigenvalue weighted by Crippen LogP contribution is -2.47. The standard InChI is InChI=1S/C13H19FN2O3/c1-13(19,8-16(2)3)7-15-12(18)11-9(14)5-4-6-10(11)17/h4-6,17,19H,7-8H2,1-3H3,(H,15,18). The summed E-state index contributed by atoms with van der Waals surface area (Å²) >= 11 is 0. The summed E-state index contributed by atoms with van der Waals surface area (Å²) in [6, 6.07) is 3.63. The number of amides is 1. The largest absolute Gasteiger partial charge is 0.507 e. The lowest BCUT2D eigenvalue weighted by atomic mass is 10.1. The van der Waals surface area contributed by atoms with Crippen molar-refractivity contribution in [2.45, 2.75) is 12.5 Å². The molecule has 0 aliphatic heterocycles. The summed E-state index contributed by atoms with van der Waals surface area (Å²) in [5, 5.41) is 21.9. The number of aromatic hydroxyl groups is 1. The van der Waals surface area contributed by atoms with Crippen molar-refractivity contribution in [1.82, 2.24) is 10.2 Å². The van der Waals surface area contributed by atoms with E-state index in [-0.39, 0.29) is 6.54 Å². The fourth-order valence-electron chi connectivity index (χ4n) is 1.83. The molecule has 1 amide bonds. The summed E-state index contributed by atoms with van der Waals surface area (Å²) in [6.45, 7) is 1.86. The third-order valence-corrected chi connectivity index (χ3v) is 2.51. The molecule has 19 heavy (non-hydrogen) atoms. The number of nitrogens with zero attached hydrogens (tertiary/aromatic N) is 1. The lowest BCUT2D eigenvalue weighted by Gasteiger charge is -2.27. The van der Waals surface area contributed by atoms with Gasteiger partial charge in [0.2, 0.25) is 0 Å². The highest BCUT2D eigenvalue weighted by atomic mass is 19.1. The summed E-state index contributed by atoms with van der Waals surface area (Å²) in [5.74, 6) is -1.98. The normalized spacial score (nSPS) is 14.2. The van der Waals surface area contributed by atoms with Gasteiger partial charge in [0.05, 0.1) is 5.60 Å². The van der Waals surface area contributed by atoms with Crippen molar-refractivity contribution in [1.29, 1.82) is 0 Å². The molecule has 0 spiro atoms. The lowest BCUT2D eigenvalue weighted by molar-refractivity contribution is 0.0324.